The second kappa shape index (κ2) is 6.34. The molecule has 2 aromatic carbocycles. The molecule has 0 atom stereocenters. The molecule has 0 aliphatic rings. The average Bonchev–Trinajstić information content (AvgIpc) is 2.93. The second-order valence-electron chi connectivity index (χ2n) is 4.84. The molecule has 0 saturated carbocycles. The van der Waals surface area contributed by atoms with Crippen LogP contribution in [0.1, 0.15) is 5.69 Å². The van der Waals surface area contributed by atoms with Crippen molar-refractivity contribution in [1.82, 2.24) is 4.98 Å². The lowest BCUT2D eigenvalue weighted by molar-refractivity contribution is -0.140. The zero-order valence-corrected chi connectivity index (χ0v) is 13.3. The highest BCUT2D eigenvalue weighted by atomic mass is 35.5. The van der Waals surface area contributed by atoms with Crippen molar-refractivity contribution in [2.75, 3.05) is 0 Å². The Bertz CT molecular complexity index is 795. The first-order chi connectivity index (χ1) is 10.9. The van der Waals surface area contributed by atoms with Crippen molar-refractivity contribution in [3.05, 3.63) is 71.4 Å². The van der Waals surface area contributed by atoms with Gasteiger partial charge in [-0.25, -0.2) is 0 Å². The fraction of sp³-hybridized carbons (Fsp3) is 0.0588. The number of alkyl halides is 3. The third kappa shape index (κ3) is 3.74. The van der Waals surface area contributed by atoms with Gasteiger partial charge in [0.25, 0.3) is 0 Å². The Morgan fingerprint density at radius 1 is 0.913 bits per heavy atom. The van der Waals surface area contributed by atoms with Gasteiger partial charge in [-0.15, -0.1) is 0 Å². The van der Waals surface area contributed by atoms with Crippen molar-refractivity contribution >= 4 is 23.4 Å². The first kappa shape index (κ1) is 16.0. The summed E-state index contributed by atoms with van der Waals surface area (Å²) in [5, 5.41) is 0.536. The lowest BCUT2D eigenvalue weighted by atomic mass is 10.2. The highest BCUT2D eigenvalue weighted by molar-refractivity contribution is 7.99. The monoisotopic (exact) mass is 353 g/mol. The quantitative estimate of drug-likeness (QED) is 0.567. The number of benzene rings is 2. The largest absolute Gasteiger partial charge is 0.431 e. The molecule has 6 heteroatoms. The number of halogens is 4. The molecule has 0 radical (unpaired) electrons. The summed E-state index contributed by atoms with van der Waals surface area (Å²) in [5.74, 6) is 0. The molecule has 3 rings (SSSR count). The molecule has 0 fully saturated rings. The molecular weight excluding hydrogens is 343 g/mol. The molecule has 0 saturated heterocycles. The zero-order valence-electron chi connectivity index (χ0n) is 11.7. The highest BCUT2D eigenvalue weighted by Crippen LogP contribution is 2.40. The van der Waals surface area contributed by atoms with Crippen LogP contribution < -0.4 is 0 Å². The van der Waals surface area contributed by atoms with Gasteiger partial charge in [-0.2, -0.15) is 13.2 Å². The highest BCUT2D eigenvalue weighted by Gasteiger charge is 2.33. The minimum Gasteiger partial charge on any atom is -0.350 e. The Hall–Kier alpha value is -1.85. The summed E-state index contributed by atoms with van der Waals surface area (Å²) >= 11 is 7.14. The maximum atomic E-state index is 13.0. The topological polar surface area (TPSA) is 15.8 Å². The van der Waals surface area contributed by atoms with Gasteiger partial charge in [-0.1, -0.05) is 53.7 Å². The Morgan fingerprint density at radius 3 is 2.17 bits per heavy atom. The summed E-state index contributed by atoms with van der Waals surface area (Å²) in [7, 11) is 0. The number of rotatable bonds is 3. The van der Waals surface area contributed by atoms with Gasteiger partial charge in [0.15, 0.2) is 0 Å². The van der Waals surface area contributed by atoms with Crippen LogP contribution in [0.3, 0.4) is 0 Å². The molecule has 1 aromatic heterocycles. The molecule has 0 amide bonds. The molecule has 1 heterocycles. The van der Waals surface area contributed by atoms with E-state index in [4.69, 9.17) is 11.6 Å². The first-order valence-corrected chi connectivity index (χ1v) is 7.92. The predicted octanol–water partition coefficient (Wildman–Crippen LogP) is 6.51. The van der Waals surface area contributed by atoms with Crippen LogP contribution in [-0.2, 0) is 6.18 Å². The zero-order chi connectivity index (χ0) is 16.4. The normalized spacial score (nSPS) is 11.7. The molecular formula is C17H11ClF3NS. The van der Waals surface area contributed by atoms with Gasteiger partial charge in [0.05, 0.1) is 5.69 Å². The molecule has 1 N–H and O–H groups in total. The van der Waals surface area contributed by atoms with Crippen molar-refractivity contribution in [2.24, 2.45) is 0 Å². The second-order valence-corrected chi connectivity index (χ2v) is 6.39. The van der Waals surface area contributed by atoms with Crippen molar-refractivity contribution in [3.8, 4) is 11.3 Å². The Balaban J connectivity index is 2.05. The van der Waals surface area contributed by atoms with E-state index >= 15 is 0 Å². The van der Waals surface area contributed by atoms with Crippen LogP contribution >= 0.6 is 23.4 Å². The fourth-order valence-electron chi connectivity index (χ4n) is 2.12. The predicted molar refractivity (Wildman–Crippen MR) is 86.8 cm³/mol. The van der Waals surface area contributed by atoms with Gasteiger partial charge < -0.3 is 4.98 Å². The van der Waals surface area contributed by atoms with E-state index in [1.165, 1.54) is 11.8 Å². The van der Waals surface area contributed by atoms with Crippen molar-refractivity contribution < 1.29 is 13.2 Å². The number of aromatic amines is 1. The van der Waals surface area contributed by atoms with Crippen LogP contribution in [0.25, 0.3) is 11.3 Å². The van der Waals surface area contributed by atoms with Crippen LogP contribution in [-0.4, -0.2) is 4.98 Å². The van der Waals surface area contributed by atoms with Crippen LogP contribution in [0.4, 0.5) is 13.2 Å². The number of hydrogen-bond donors (Lipinski definition) is 1. The van der Waals surface area contributed by atoms with Crippen LogP contribution in [0.5, 0.6) is 0 Å². The maximum absolute atomic E-state index is 13.0. The molecule has 118 valence electrons. The molecule has 0 aliphatic heterocycles. The molecule has 0 aliphatic carbocycles. The summed E-state index contributed by atoms with van der Waals surface area (Å²) in [6, 6.07) is 17.1. The number of nitrogens with one attached hydrogen (secondary N) is 1. The summed E-state index contributed by atoms with van der Waals surface area (Å²) < 4.78 is 39.1. The lowest BCUT2D eigenvalue weighted by Gasteiger charge is -2.05. The Labute approximate surface area is 140 Å². The smallest absolute Gasteiger partial charge is 0.350 e. The van der Waals surface area contributed by atoms with Crippen LogP contribution in [0.2, 0.25) is 5.02 Å². The summed E-state index contributed by atoms with van der Waals surface area (Å²) in [6.07, 6.45) is -4.42. The molecule has 1 nitrogen and oxygen atoms in total. The third-order valence-electron chi connectivity index (χ3n) is 3.19. The molecule has 0 bridgehead atoms. The van der Waals surface area contributed by atoms with Gasteiger partial charge in [0.2, 0.25) is 0 Å². The van der Waals surface area contributed by atoms with Gasteiger partial charge in [-0.05, 0) is 35.9 Å². The van der Waals surface area contributed by atoms with E-state index in [9.17, 15) is 13.2 Å². The van der Waals surface area contributed by atoms with Crippen LogP contribution in [0, 0.1) is 0 Å². The van der Waals surface area contributed by atoms with Gasteiger partial charge in [0, 0.05) is 14.8 Å². The van der Waals surface area contributed by atoms with Crippen molar-refractivity contribution in [1.29, 1.82) is 0 Å². The summed E-state index contributed by atoms with van der Waals surface area (Å²) in [5.41, 5.74) is 0.326. The maximum Gasteiger partial charge on any atom is 0.431 e. The first-order valence-electron chi connectivity index (χ1n) is 6.72. The molecule has 23 heavy (non-hydrogen) atoms. The Morgan fingerprint density at radius 2 is 1.57 bits per heavy atom. The Kier molecular flexibility index (Phi) is 4.41. The number of H-pyrrole nitrogens is 1. The van der Waals surface area contributed by atoms with Crippen molar-refractivity contribution in [2.45, 2.75) is 16.0 Å². The minimum absolute atomic E-state index is 0.433. The average molecular weight is 354 g/mol. The van der Waals surface area contributed by atoms with E-state index in [0.29, 0.717) is 21.2 Å². The van der Waals surface area contributed by atoms with E-state index in [0.717, 1.165) is 11.0 Å². The van der Waals surface area contributed by atoms with Crippen LogP contribution in [0.15, 0.2) is 70.5 Å². The van der Waals surface area contributed by atoms with E-state index in [-0.39, 0.29) is 0 Å². The van der Waals surface area contributed by atoms with E-state index < -0.39 is 11.9 Å². The molecule has 0 unspecified atom stereocenters. The fourth-order valence-corrected chi connectivity index (χ4v) is 3.24. The van der Waals surface area contributed by atoms with Gasteiger partial charge in [0.1, 0.15) is 5.69 Å². The minimum atomic E-state index is -4.42. The lowest BCUT2D eigenvalue weighted by Crippen LogP contribution is -2.04. The number of hydrogen-bond acceptors (Lipinski definition) is 1. The molecule has 3 aromatic rings. The van der Waals surface area contributed by atoms with Gasteiger partial charge >= 0.3 is 6.18 Å². The van der Waals surface area contributed by atoms with E-state index in [2.05, 4.69) is 4.98 Å². The third-order valence-corrected chi connectivity index (χ3v) is 4.49. The SMILES string of the molecule is FC(F)(F)c1cc(Sc2ccccc2)c(-c2ccc(Cl)cc2)[nH]1. The van der Waals surface area contributed by atoms with Crippen molar-refractivity contribution in [3.63, 3.8) is 0 Å². The van der Waals surface area contributed by atoms with E-state index in [1.54, 1.807) is 24.3 Å². The summed E-state index contributed by atoms with van der Waals surface area (Å²) in [4.78, 5) is 3.88. The standard InChI is InChI=1S/C17H11ClF3NS/c18-12-8-6-11(7-9-12)16-14(10-15(22-16)17(19,20)21)23-13-4-2-1-3-5-13/h1-10,22H. The molecule has 0 spiro atoms. The van der Waals surface area contributed by atoms with Gasteiger partial charge in [-0.3, -0.25) is 0 Å². The number of aromatic nitrogens is 1. The summed E-state index contributed by atoms with van der Waals surface area (Å²) in [6.45, 7) is 0. The van der Waals surface area contributed by atoms with E-state index in [1.807, 2.05) is 30.3 Å².